The van der Waals surface area contributed by atoms with Gasteiger partial charge in [-0.3, -0.25) is 0 Å². The molecule has 0 saturated heterocycles. The van der Waals surface area contributed by atoms with Crippen LogP contribution in [0.4, 0.5) is 5.95 Å². The number of aromatic nitrogens is 3. The number of anilines is 1. The number of rotatable bonds is 7. The molecule has 2 heterocycles. The van der Waals surface area contributed by atoms with Crippen LogP contribution in [0.2, 0.25) is 5.02 Å². The van der Waals surface area contributed by atoms with Gasteiger partial charge < -0.3 is 5.11 Å². The van der Waals surface area contributed by atoms with Gasteiger partial charge in [-0.25, -0.2) is 23.8 Å². The van der Waals surface area contributed by atoms with Crippen LogP contribution in [-0.2, 0) is 11.3 Å². The van der Waals surface area contributed by atoms with Crippen LogP contribution >= 0.6 is 11.6 Å². The van der Waals surface area contributed by atoms with Crippen molar-refractivity contribution in [1.29, 1.82) is 0 Å². The smallest absolute Gasteiger partial charge is 0.348 e. The van der Waals surface area contributed by atoms with Crippen LogP contribution in [0.15, 0.2) is 64.5 Å². The number of halogens is 1. The Morgan fingerprint density at radius 3 is 2.44 bits per heavy atom. The molecule has 0 radical (unpaired) electrons. The van der Waals surface area contributed by atoms with Gasteiger partial charge in [-0.05, 0) is 48.9 Å². The molecule has 2 atom stereocenters. The van der Waals surface area contributed by atoms with Gasteiger partial charge in [0.15, 0.2) is 0 Å². The monoisotopic (exact) mass is 507 g/mol. The van der Waals surface area contributed by atoms with E-state index in [0.29, 0.717) is 24.0 Å². The molecule has 188 valence electrons. The predicted molar refractivity (Wildman–Crippen MR) is 140 cm³/mol. The topological polar surface area (TPSA) is 92.7 Å². The Labute approximate surface area is 214 Å². The van der Waals surface area contributed by atoms with Gasteiger partial charge in [0.2, 0.25) is 5.95 Å². The molecule has 1 saturated carbocycles. The van der Waals surface area contributed by atoms with Crippen molar-refractivity contribution in [2.75, 3.05) is 11.6 Å². The summed E-state index contributed by atoms with van der Waals surface area (Å²) in [5.41, 5.74) is 2.41. The highest BCUT2D eigenvalue weighted by Crippen LogP contribution is 2.32. The van der Waals surface area contributed by atoms with Gasteiger partial charge in [-0.1, -0.05) is 73.3 Å². The predicted octanol–water partition coefficient (Wildman–Crippen LogP) is 4.93. The third kappa shape index (κ3) is 4.82. The fraction of sp³-hybridized carbons (Fsp3) is 0.407. The highest BCUT2D eigenvalue weighted by molar-refractivity contribution is 6.30. The van der Waals surface area contributed by atoms with Crippen LogP contribution in [0.25, 0.3) is 0 Å². The fourth-order valence-corrected chi connectivity index (χ4v) is 5.35. The maximum atomic E-state index is 13.4. The highest BCUT2D eigenvalue weighted by Gasteiger charge is 2.35. The number of carbonyl (C=O) groups is 1. The number of nitrogens with zero attached hydrogens (tertiary/aromatic N) is 5. The fourth-order valence-electron chi connectivity index (χ4n) is 5.22. The van der Waals surface area contributed by atoms with Crippen LogP contribution in [0.1, 0.15) is 62.1 Å². The molecular weight excluding hydrogens is 478 g/mol. The van der Waals surface area contributed by atoms with Gasteiger partial charge in [-0.2, -0.15) is 5.10 Å². The molecule has 1 aliphatic heterocycles. The summed E-state index contributed by atoms with van der Waals surface area (Å²) in [6.45, 7) is 2.44. The van der Waals surface area contributed by atoms with E-state index in [2.05, 4.69) is 5.10 Å². The Morgan fingerprint density at radius 2 is 1.78 bits per heavy atom. The molecule has 9 heteroatoms. The Kier molecular flexibility index (Phi) is 6.96. The zero-order chi connectivity index (χ0) is 25.2. The third-order valence-electron chi connectivity index (χ3n) is 7.24. The van der Waals surface area contributed by atoms with E-state index < -0.39 is 17.7 Å². The molecule has 1 N–H and O–H groups in total. The number of hydrogen-bond donors (Lipinski definition) is 1. The summed E-state index contributed by atoms with van der Waals surface area (Å²) in [6, 6.07) is 16.5. The van der Waals surface area contributed by atoms with E-state index in [0.717, 1.165) is 42.5 Å². The van der Waals surface area contributed by atoms with Gasteiger partial charge >= 0.3 is 11.7 Å². The first-order chi connectivity index (χ1) is 17.4. The van der Waals surface area contributed by atoms with Crippen molar-refractivity contribution in [2.45, 2.75) is 57.5 Å². The lowest BCUT2D eigenvalue weighted by Crippen LogP contribution is -2.33. The second-order valence-corrected chi connectivity index (χ2v) is 10.1. The van der Waals surface area contributed by atoms with Crippen molar-refractivity contribution in [3.8, 4) is 0 Å². The third-order valence-corrected chi connectivity index (χ3v) is 7.49. The lowest BCUT2D eigenvalue weighted by atomic mass is 9.89. The molecule has 1 aromatic heterocycles. The van der Waals surface area contributed by atoms with E-state index in [1.54, 1.807) is 5.01 Å². The Balaban J connectivity index is 1.57. The number of aliphatic carboxylic acids is 1. The van der Waals surface area contributed by atoms with Crippen molar-refractivity contribution in [3.05, 3.63) is 81.2 Å². The lowest BCUT2D eigenvalue weighted by Gasteiger charge is -2.20. The van der Waals surface area contributed by atoms with Gasteiger partial charge in [0.1, 0.15) is 6.04 Å². The maximum absolute atomic E-state index is 13.4. The molecule has 3 aromatic rings. The summed E-state index contributed by atoms with van der Waals surface area (Å²) in [5.74, 6) is -0.539. The van der Waals surface area contributed by atoms with Crippen molar-refractivity contribution in [1.82, 2.24) is 14.3 Å². The number of benzene rings is 2. The average Bonchev–Trinajstić information content (AvgIpc) is 3.47. The van der Waals surface area contributed by atoms with Gasteiger partial charge in [-0.15, -0.1) is 5.10 Å². The first-order valence-corrected chi connectivity index (χ1v) is 12.9. The second-order valence-electron chi connectivity index (χ2n) is 9.69. The number of hydrazone groups is 1. The molecule has 1 aliphatic carbocycles. The molecule has 2 aromatic carbocycles. The minimum Gasteiger partial charge on any atom is -0.480 e. The second kappa shape index (κ2) is 10.3. The normalized spacial score (nSPS) is 19.3. The van der Waals surface area contributed by atoms with Gasteiger partial charge in [0.05, 0.1) is 12.3 Å². The molecular formula is C27H30ClN5O3. The van der Waals surface area contributed by atoms with Gasteiger partial charge in [0, 0.05) is 17.5 Å². The number of carboxylic acid groups (broad SMARTS) is 1. The van der Waals surface area contributed by atoms with E-state index in [1.165, 1.54) is 22.6 Å². The minimum atomic E-state index is -1.09. The molecule has 0 spiro atoms. The molecule has 0 bridgehead atoms. The Morgan fingerprint density at radius 1 is 1.08 bits per heavy atom. The molecule has 36 heavy (non-hydrogen) atoms. The largest absolute Gasteiger partial charge is 0.480 e. The minimum absolute atomic E-state index is 0.0837. The first-order valence-electron chi connectivity index (χ1n) is 12.5. The van der Waals surface area contributed by atoms with E-state index in [1.807, 2.05) is 54.6 Å². The Bertz CT molecular complexity index is 1310. The van der Waals surface area contributed by atoms with Gasteiger partial charge in [0.25, 0.3) is 0 Å². The lowest BCUT2D eigenvalue weighted by molar-refractivity contribution is -0.140. The number of hydrogen-bond acceptors (Lipinski definition) is 5. The van der Waals surface area contributed by atoms with Crippen LogP contribution in [-0.4, -0.2) is 37.7 Å². The SMILES string of the molecule is CC(C(=O)O)n1c(N2CC(c3ccccc3)C(c3ccc(Cl)cc3)=N2)nn(CC2CCCCC2)c1=O. The summed E-state index contributed by atoms with van der Waals surface area (Å²) < 4.78 is 2.71. The molecule has 5 rings (SSSR count). The summed E-state index contributed by atoms with van der Waals surface area (Å²) in [6.07, 6.45) is 5.64. The maximum Gasteiger partial charge on any atom is 0.348 e. The highest BCUT2D eigenvalue weighted by atomic mass is 35.5. The van der Waals surface area contributed by atoms with Crippen LogP contribution in [0.3, 0.4) is 0 Å². The van der Waals surface area contributed by atoms with Crippen LogP contribution < -0.4 is 10.7 Å². The van der Waals surface area contributed by atoms with E-state index >= 15 is 0 Å². The Hall–Kier alpha value is -3.39. The zero-order valence-corrected chi connectivity index (χ0v) is 21.0. The van der Waals surface area contributed by atoms with Crippen molar-refractivity contribution >= 4 is 29.2 Å². The quantitative estimate of drug-likeness (QED) is 0.489. The first kappa shape index (κ1) is 24.3. The van der Waals surface area contributed by atoms with Crippen LogP contribution in [0.5, 0.6) is 0 Å². The van der Waals surface area contributed by atoms with E-state index in [4.69, 9.17) is 16.7 Å². The molecule has 1 fully saturated rings. The molecule has 0 amide bonds. The van der Waals surface area contributed by atoms with Crippen molar-refractivity contribution < 1.29 is 9.90 Å². The summed E-state index contributed by atoms with van der Waals surface area (Å²) in [7, 11) is 0. The van der Waals surface area contributed by atoms with Crippen LogP contribution in [0, 0.1) is 5.92 Å². The van der Waals surface area contributed by atoms with Crippen molar-refractivity contribution in [3.63, 3.8) is 0 Å². The van der Waals surface area contributed by atoms with E-state index in [9.17, 15) is 14.7 Å². The molecule has 2 unspecified atom stereocenters. The summed E-state index contributed by atoms with van der Waals surface area (Å²) >= 11 is 6.12. The van der Waals surface area contributed by atoms with Crippen molar-refractivity contribution in [2.24, 2.45) is 11.0 Å². The number of carboxylic acids is 1. The summed E-state index contributed by atoms with van der Waals surface area (Å²) in [5, 5.41) is 21.7. The average molecular weight is 508 g/mol. The summed E-state index contributed by atoms with van der Waals surface area (Å²) in [4.78, 5) is 25.4. The molecule has 2 aliphatic rings. The van der Waals surface area contributed by atoms with E-state index in [-0.39, 0.29) is 11.9 Å². The standard InChI is InChI=1S/C27H30ClN5O3/c1-18(25(34)35)33-26(30-32(27(33)36)16-19-8-4-2-5-9-19)31-17-23(20-10-6-3-7-11-20)24(29-31)21-12-14-22(28)15-13-21/h3,6-7,10-15,18-19,23H,2,4-5,8-9,16-17H2,1H3,(H,34,35). The zero-order valence-electron chi connectivity index (χ0n) is 20.3. The molecule has 8 nitrogen and oxygen atoms in total.